The molecule has 0 fully saturated rings. The summed E-state index contributed by atoms with van der Waals surface area (Å²) in [7, 11) is 0. The van der Waals surface area contributed by atoms with Crippen LogP contribution in [0.3, 0.4) is 0 Å². The Hall–Kier alpha value is -2.76. The van der Waals surface area contributed by atoms with Gasteiger partial charge in [-0.1, -0.05) is 6.07 Å². The van der Waals surface area contributed by atoms with Crippen molar-refractivity contribution in [1.29, 1.82) is 0 Å². The molecule has 0 aromatic carbocycles. The quantitative estimate of drug-likeness (QED) is 0.464. The summed E-state index contributed by atoms with van der Waals surface area (Å²) in [4.78, 5) is 13.8. The van der Waals surface area contributed by atoms with Crippen LogP contribution in [0.4, 0.5) is 0 Å². The molecule has 4 aromatic heterocycles. The Morgan fingerprint density at radius 1 is 0.889 bits per heavy atom. The number of hydrogen-bond acceptors (Lipinski definition) is 4. The van der Waals surface area contributed by atoms with Crippen LogP contribution in [0.2, 0.25) is 0 Å². The van der Waals surface area contributed by atoms with E-state index in [2.05, 4.69) is 69.0 Å². The third kappa shape index (κ3) is 4.51. The van der Waals surface area contributed by atoms with E-state index in [0.717, 1.165) is 25.5 Å². The van der Waals surface area contributed by atoms with E-state index < -0.39 is 0 Å². The fourth-order valence-corrected chi connectivity index (χ4v) is 4.13. The van der Waals surface area contributed by atoms with E-state index >= 15 is 0 Å². The third-order valence-electron chi connectivity index (χ3n) is 4.45. The highest BCUT2D eigenvalue weighted by atomic mass is 32.1. The van der Waals surface area contributed by atoms with Crippen LogP contribution < -0.4 is 0 Å². The molecule has 0 atom stereocenters. The maximum absolute atomic E-state index is 4.50. The van der Waals surface area contributed by atoms with Crippen LogP contribution in [0.25, 0.3) is 5.82 Å². The molecule has 0 bridgehead atoms. The van der Waals surface area contributed by atoms with Gasteiger partial charge in [0.15, 0.2) is 0 Å². The average molecular weight is 375 g/mol. The van der Waals surface area contributed by atoms with Crippen LogP contribution in [0, 0.1) is 6.92 Å². The Balaban J connectivity index is 1.58. The van der Waals surface area contributed by atoms with Crippen LogP contribution in [0.15, 0.2) is 79.4 Å². The molecule has 0 aliphatic heterocycles. The number of pyridine rings is 2. The van der Waals surface area contributed by atoms with Crippen molar-refractivity contribution in [3.63, 3.8) is 0 Å². The van der Waals surface area contributed by atoms with E-state index in [0.29, 0.717) is 0 Å². The van der Waals surface area contributed by atoms with Crippen LogP contribution in [0.5, 0.6) is 0 Å². The van der Waals surface area contributed by atoms with Crippen molar-refractivity contribution in [1.82, 2.24) is 19.4 Å². The lowest BCUT2D eigenvalue weighted by Gasteiger charge is -2.22. The summed E-state index contributed by atoms with van der Waals surface area (Å²) in [6, 6.07) is 18.9. The van der Waals surface area contributed by atoms with E-state index in [1.807, 2.05) is 48.1 Å². The van der Waals surface area contributed by atoms with Gasteiger partial charge in [0, 0.05) is 59.9 Å². The Morgan fingerprint density at radius 3 is 2.52 bits per heavy atom. The van der Waals surface area contributed by atoms with Crippen molar-refractivity contribution < 1.29 is 0 Å². The normalized spacial score (nSPS) is 11.2. The maximum Gasteiger partial charge on any atom is 0.136 e. The van der Waals surface area contributed by atoms with Crippen molar-refractivity contribution in [2.24, 2.45) is 0 Å². The van der Waals surface area contributed by atoms with E-state index in [-0.39, 0.29) is 0 Å². The molecule has 0 saturated heterocycles. The van der Waals surface area contributed by atoms with Crippen molar-refractivity contribution in [3.8, 4) is 5.82 Å². The fourth-order valence-electron chi connectivity index (χ4n) is 3.20. The molecule has 4 heterocycles. The van der Waals surface area contributed by atoms with Gasteiger partial charge in [0.05, 0.1) is 0 Å². The summed E-state index contributed by atoms with van der Waals surface area (Å²) in [5.74, 6) is 0.952. The first-order chi connectivity index (χ1) is 13.3. The molecule has 0 spiro atoms. The highest BCUT2D eigenvalue weighted by Crippen LogP contribution is 2.21. The van der Waals surface area contributed by atoms with Crippen LogP contribution in [0.1, 0.15) is 21.0 Å². The standard InChI is InChI=1S/C22H22N4S/c1-18-7-8-21(27-18)17-25(15-19-9-12-23-13-10-19)16-20-5-4-14-26(20)22-6-2-3-11-24-22/h2-14H,15-17H2,1H3. The van der Waals surface area contributed by atoms with Crippen LogP contribution in [-0.4, -0.2) is 19.4 Å². The van der Waals surface area contributed by atoms with Crippen LogP contribution >= 0.6 is 11.3 Å². The Labute approximate surface area is 163 Å². The van der Waals surface area contributed by atoms with Gasteiger partial charge in [0.25, 0.3) is 0 Å². The smallest absolute Gasteiger partial charge is 0.136 e. The molecule has 5 heteroatoms. The molecule has 27 heavy (non-hydrogen) atoms. The lowest BCUT2D eigenvalue weighted by Crippen LogP contribution is -2.23. The summed E-state index contributed by atoms with van der Waals surface area (Å²) >= 11 is 1.87. The summed E-state index contributed by atoms with van der Waals surface area (Å²) in [5, 5.41) is 0. The lowest BCUT2D eigenvalue weighted by atomic mass is 10.2. The largest absolute Gasteiger partial charge is 0.304 e. The zero-order valence-corrected chi connectivity index (χ0v) is 16.1. The number of rotatable bonds is 7. The average Bonchev–Trinajstić information content (AvgIpc) is 3.32. The second kappa shape index (κ2) is 8.29. The summed E-state index contributed by atoms with van der Waals surface area (Å²) in [6.07, 6.45) is 7.64. The van der Waals surface area contributed by atoms with E-state index in [4.69, 9.17) is 0 Å². The zero-order chi connectivity index (χ0) is 18.5. The van der Waals surface area contributed by atoms with Crippen LogP contribution in [-0.2, 0) is 19.6 Å². The fraction of sp³-hybridized carbons (Fsp3) is 0.182. The van der Waals surface area contributed by atoms with E-state index in [1.54, 1.807) is 0 Å². The van der Waals surface area contributed by atoms with E-state index in [1.165, 1.54) is 21.0 Å². The molecule has 0 amide bonds. The van der Waals surface area contributed by atoms with Gasteiger partial charge in [0.1, 0.15) is 5.82 Å². The van der Waals surface area contributed by atoms with Crippen molar-refractivity contribution in [2.45, 2.75) is 26.6 Å². The second-order valence-electron chi connectivity index (χ2n) is 6.57. The SMILES string of the molecule is Cc1ccc(CN(Cc2ccncc2)Cc2cccn2-c2ccccn2)s1. The van der Waals surface area contributed by atoms with Crippen molar-refractivity contribution in [2.75, 3.05) is 0 Å². The number of aromatic nitrogens is 3. The van der Waals surface area contributed by atoms with Gasteiger partial charge < -0.3 is 4.57 Å². The van der Waals surface area contributed by atoms with Gasteiger partial charge in [0.2, 0.25) is 0 Å². The van der Waals surface area contributed by atoms with Gasteiger partial charge in [-0.25, -0.2) is 4.98 Å². The Morgan fingerprint density at radius 2 is 1.78 bits per heavy atom. The molecular formula is C22H22N4S. The molecule has 0 radical (unpaired) electrons. The molecule has 0 saturated carbocycles. The van der Waals surface area contributed by atoms with Gasteiger partial charge in [-0.15, -0.1) is 11.3 Å². The third-order valence-corrected chi connectivity index (χ3v) is 5.43. The first-order valence-electron chi connectivity index (χ1n) is 9.02. The molecule has 0 N–H and O–H groups in total. The molecule has 0 unspecified atom stereocenters. The topological polar surface area (TPSA) is 34.0 Å². The second-order valence-corrected chi connectivity index (χ2v) is 7.94. The number of aryl methyl sites for hydroxylation is 1. The molecule has 4 nitrogen and oxygen atoms in total. The van der Waals surface area contributed by atoms with Gasteiger partial charge in [-0.2, -0.15) is 0 Å². The van der Waals surface area contributed by atoms with Crippen molar-refractivity contribution >= 4 is 11.3 Å². The minimum absolute atomic E-state index is 0.850. The summed E-state index contributed by atoms with van der Waals surface area (Å²) in [6.45, 7) is 4.82. The molecule has 0 aliphatic rings. The number of thiophene rings is 1. The first kappa shape index (κ1) is 17.6. The monoisotopic (exact) mass is 374 g/mol. The Kier molecular flexibility index (Phi) is 5.42. The predicted molar refractivity (Wildman–Crippen MR) is 110 cm³/mol. The summed E-state index contributed by atoms with van der Waals surface area (Å²) < 4.78 is 2.17. The lowest BCUT2D eigenvalue weighted by molar-refractivity contribution is 0.245. The molecular weight excluding hydrogens is 352 g/mol. The van der Waals surface area contributed by atoms with Gasteiger partial charge >= 0.3 is 0 Å². The van der Waals surface area contributed by atoms with Gasteiger partial charge in [-0.3, -0.25) is 9.88 Å². The molecule has 4 aromatic rings. The molecule has 0 aliphatic carbocycles. The molecule has 4 rings (SSSR count). The predicted octanol–water partition coefficient (Wildman–Crippen LogP) is 4.84. The highest BCUT2D eigenvalue weighted by molar-refractivity contribution is 7.11. The van der Waals surface area contributed by atoms with Gasteiger partial charge in [-0.05, 0) is 61.0 Å². The highest BCUT2D eigenvalue weighted by Gasteiger charge is 2.13. The Bertz CT molecular complexity index is 976. The minimum atomic E-state index is 0.850. The summed E-state index contributed by atoms with van der Waals surface area (Å²) in [5.41, 5.74) is 2.50. The maximum atomic E-state index is 4.50. The zero-order valence-electron chi connectivity index (χ0n) is 15.3. The van der Waals surface area contributed by atoms with E-state index in [9.17, 15) is 0 Å². The first-order valence-corrected chi connectivity index (χ1v) is 9.84. The minimum Gasteiger partial charge on any atom is -0.304 e. The van der Waals surface area contributed by atoms with Crippen molar-refractivity contribution in [3.05, 3.63) is 100 Å². The molecule has 136 valence electrons. The number of nitrogens with zero attached hydrogens (tertiary/aromatic N) is 4. The number of hydrogen-bond donors (Lipinski definition) is 0.